The van der Waals surface area contributed by atoms with Gasteiger partial charge in [0.1, 0.15) is 0 Å². The Morgan fingerprint density at radius 2 is 2.13 bits per heavy atom. The zero-order valence-electron chi connectivity index (χ0n) is 12.9. The number of anilines is 1. The largest absolute Gasteiger partial charge is 0.350 e. The average Bonchev–Trinajstić information content (AvgIpc) is 3.20. The highest BCUT2D eigenvalue weighted by atomic mass is 16.1. The van der Waals surface area contributed by atoms with E-state index in [-0.39, 0.29) is 24.0 Å². The van der Waals surface area contributed by atoms with Gasteiger partial charge in [-0.25, -0.2) is 9.97 Å². The highest BCUT2D eigenvalue weighted by molar-refractivity contribution is 5.99. The van der Waals surface area contributed by atoms with Crippen molar-refractivity contribution in [3.63, 3.8) is 0 Å². The molecule has 0 radical (unpaired) electrons. The zero-order valence-corrected chi connectivity index (χ0v) is 12.9. The lowest BCUT2D eigenvalue weighted by molar-refractivity contribution is 0.0964. The van der Waals surface area contributed by atoms with Crippen molar-refractivity contribution in [1.29, 1.82) is 0 Å². The Kier molecular flexibility index (Phi) is 3.60. The second-order valence-electron chi connectivity index (χ2n) is 6.37. The molecular formula is C15H21N7O. The summed E-state index contributed by atoms with van der Waals surface area (Å²) in [6.45, 7) is 0.447. The van der Waals surface area contributed by atoms with E-state index in [9.17, 15) is 4.79 Å². The smallest absolute Gasteiger partial charge is 0.255 e. The number of carbonyl (C=O) groups is 1. The number of hydrazone groups is 1. The molecule has 122 valence electrons. The molecule has 0 bridgehead atoms. The number of amides is 1. The molecule has 23 heavy (non-hydrogen) atoms. The normalized spacial score (nSPS) is 29.1. The van der Waals surface area contributed by atoms with Gasteiger partial charge in [-0.2, -0.15) is 5.10 Å². The van der Waals surface area contributed by atoms with Gasteiger partial charge in [-0.3, -0.25) is 4.79 Å². The lowest BCUT2D eigenvalue weighted by atomic mass is 9.91. The molecule has 5 N–H and O–H groups in total. The summed E-state index contributed by atoms with van der Waals surface area (Å²) in [5.41, 5.74) is 11.3. The van der Waals surface area contributed by atoms with Crippen molar-refractivity contribution in [3.8, 4) is 0 Å². The molecule has 1 aromatic heterocycles. The molecule has 0 aromatic carbocycles. The number of aromatic nitrogens is 2. The van der Waals surface area contributed by atoms with Crippen molar-refractivity contribution in [2.24, 2.45) is 10.8 Å². The van der Waals surface area contributed by atoms with Crippen LogP contribution >= 0.6 is 0 Å². The quantitative estimate of drug-likeness (QED) is 0.642. The molecule has 2 aliphatic heterocycles. The maximum atomic E-state index is 12.1. The molecule has 1 aliphatic carbocycles. The van der Waals surface area contributed by atoms with Gasteiger partial charge in [-0.05, 0) is 12.8 Å². The molecule has 1 unspecified atom stereocenters. The molecule has 3 atom stereocenters. The summed E-state index contributed by atoms with van der Waals surface area (Å²) in [6.07, 6.45) is 6.92. The van der Waals surface area contributed by atoms with Gasteiger partial charge in [-0.1, -0.05) is 12.8 Å². The Morgan fingerprint density at radius 3 is 2.91 bits per heavy atom. The third kappa shape index (κ3) is 2.63. The molecule has 8 heteroatoms. The molecule has 3 aliphatic rings. The molecular weight excluding hydrogens is 294 g/mol. The van der Waals surface area contributed by atoms with Crippen LogP contribution in [0.25, 0.3) is 0 Å². The van der Waals surface area contributed by atoms with Crippen molar-refractivity contribution >= 4 is 18.1 Å². The van der Waals surface area contributed by atoms with E-state index in [0.29, 0.717) is 18.1 Å². The van der Waals surface area contributed by atoms with Crippen molar-refractivity contribution < 1.29 is 4.79 Å². The van der Waals surface area contributed by atoms with E-state index in [1.807, 2.05) is 0 Å². The summed E-state index contributed by atoms with van der Waals surface area (Å²) >= 11 is 0. The van der Waals surface area contributed by atoms with Crippen molar-refractivity contribution in [1.82, 2.24) is 20.7 Å². The predicted molar refractivity (Wildman–Crippen MR) is 86.0 cm³/mol. The molecule has 4 rings (SSSR count). The van der Waals surface area contributed by atoms with E-state index >= 15 is 0 Å². The summed E-state index contributed by atoms with van der Waals surface area (Å²) in [5.74, 6) is 0.455. The lowest BCUT2D eigenvalue weighted by Crippen LogP contribution is -2.43. The van der Waals surface area contributed by atoms with E-state index in [1.165, 1.54) is 12.8 Å². The number of nitrogens with two attached hydrogens (primary N) is 1. The van der Waals surface area contributed by atoms with Crippen LogP contribution in [-0.4, -0.2) is 34.2 Å². The Hall–Kier alpha value is -2.22. The molecule has 1 amide bonds. The van der Waals surface area contributed by atoms with Crippen molar-refractivity contribution in [2.45, 2.75) is 56.8 Å². The van der Waals surface area contributed by atoms with Gasteiger partial charge in [0.2, 0.25) is 5.95 Å². The van der Waals surface area contributed by atoms with E-state index in [1.54, 1.807) is 6.21 Å². The number of fused-ring (bicyclic) bond motifs is 1. The first-order valence-corrected chi connectivity index (χ1v) is 8.20. The van der Waals surface area contributed by atoms with E-state index in [4.69, 9.17) is 5.73 Å². The van der Waals surface area contributed by atoms with Gasteiger partial charge in [0.15, 0.2) is 0 Å². The number of hydrogen-bond donors (Lipinski definition) is 4. The van der Waals surface area contributed by atoms with Gasteiger partial charge in [0.05, 0.1) is 29.5 Å². The Balaban J connectivity index is 1.65. The first-order chi connectivity index (χ1) is 11.2. The first kappa shape index (κ1) is 14.4. The van der Waals surface area contributed by atoms with E-state index in [0.717, 1.165) is 30.7 Å². The van der Waals surface area contributed by atoms with Crippen LogP contribution in [0.1, 0.15) is 59.9 Å². The van der Waals surface area contributed by atoms with Crippen LogP contribution < -0.4 is 21.8 Å². The number of nitrogens with one attached hydrogen (secondary N) is 3. The summed E-state index contributed by atoms with van der Waals surface area (Å²) in [4.78, 5) is 21.3. The molecule has 1 saturated carbocycles. The van der Waals surface area contributed by atoms with Crippen molar-refractivity contribution in [3.05, 3.63) is 17.0 Å². The monoisotopic (exact) mass is 315 g/mol. The standard InChI is InChI=1S/C15H21N7O/c16-8-3-1-2-4-9(8)19-15-20-11-7-17-14(23)12(11)13(21-15)10-5-6-18-22-10/h6,8-10,22H,1-5,7,16H2,(H,17,23)(H,19,20,21)/t8-,9+,10?/m0/s1. The number of carbonyl (C=O) groups excluding carboxylic acids is 1. The van der Waals surface area contributed by atoms with Crippen LogP contribution in [0.15, 0.2) is 5.10 Å². The molecule has 0 saturated heterocycles. The van der Waals surface area contributed by atoms with Gasteiger partial charge >= 0.3 is 0 Å². The van der Waals surface area contributed by atoms with Gasteiger partial charge in [0, 0.05) is 24.7 Å². The van der Waals surface area contributed by atoms with Crippen molar-refractivity contribution in [2.75, 3.05) is 5.32 Å². The topological polar surface area (TPSA) is 117 Å². The van der Waals surface area contributed by atoms with E-state index in [2.05, 4.69) is 31.1 Å². The Morgan fingerprint density at radius 1 is 1.26 bits per heavy atom. The number of nitrogens with zero attached hydrogens (tertiary/aromatic N) is 3. The summed E-state index contributed by atoms with van der Waals surface area (Å²) in [7, 11) is 0. The highest BCUT2D eigenvalue weighted by Crippen LogP contribution is 2.28. The molecule has 0 spiro atoms. The third-order valence-electron chi connectivity index (χ3n) is 4.78. The molecule has 8 nitrogen and oxygen atoms in total. The lowest BCUT2D eigenvalue weighted by Gasteiger charge is -2.29. The maximum Gasteiger partial charge on any atom is 0.255 e. The fourth-order valence-corrected chi connectivity index (χ4v) is 3.50. The van der Waals surface area contributed by atoms with Crippen LogP contribution in [0.4, 0.5) is 5.95 Å². The minimum atomic E-state index is -0.107. The number of hydrogen-bond acceptors (Lipinski definition) is 7. The first-order valence-electron chi connectivity index (χ1n) is 8.20. The Labute approximate surface area is 134 Å². The molecule has 1 aromatic rings. The summed E-state index contributed by atoms with van der Waals surface area (Å²) in [5, 5.41) is 10.3. The minimum absolute atomic E-state index is 0.0730. The van der Waals surface area contributed by atoms with Crippen LogP contribution in [0, 0.1) is 0 Å². The number of rotatable bonds is 3. The minimum Gasteiger partial charge on any atom is -0.350 e. The van der Waals surface area contributed by atoms with Crippen LogP contribution in [-0.2, 0) is 6.54 Å². The highest BCUT2D eigenvalue weighted by Gasteiger charge is 2.32. The van der Waals surface area contributed by atoms with Crippen LogP contribution in [0.2, 0.25) is 0 Å². The molecule has 1 fully saturated rings. The SMILES string of the molecule is N[C@H]1CCCC[C@H]1Nc1nc2c(c(C3CC=NN3)n1)C(=O)NC2. The average molecular weight is 315 g/mol. The fourth-order valence-electron chi connectivity index (χ4n) is 3.50. The van der Waals surface area contributed by atoms with Crippen LogP contribution in [0.3, 0.4) is 0 Å². The van der Waals surface area contributed by atoms with Crippen LogP contribution in [0.5, 0.6) is 0 Å². The summed E-state index contributed by atoms with van der Waals surface area (Å²) < 4.78 is 0. The predicted octanol–water partition coefficient (Wildman–Crippen LogP) is 0.422. The van der Waals surface area contributed by atoms with Gasteiger partial charge in [-0.15, -0.1) is 0 Å². The second-order valence-corrected chi connectivity index (χ2v) is 6.37. The second kappa shape index (κ2) is 5.77. The maximum absolute atomic E-state index is 12.1. The Bertz CT molecular complexity index is 651. The molecule has 3 heterocycles. The van der Waals surface area contributed by atoms with E-state index < -0.39 is 0 Å². The fraction of sp³-hybridized carbons (Fsp3) is 0.600. The van der Waals surface area contributed by atoms with Gasteiger partial charge in [0.25, 0.3) is 5.91 Å². The zero-order chi connectivity index (χ0) is 15.8. The van der Waals surface area contributed by atoms with Gasteiger partial charge < -0.3 is 21.8 Å². The third-order valence-corrected chi connectivity index (χ3v) is 4.78. The summed E-state index contributed by atoms with van der Waals surface area (Å²) in [6, 6.07) is 0.237.